The number of aliphatic hydroxyl groups excluding tert-OH is 1. The number of aliphatic hydroxyl groups is 1. The van der Waals surface area contributed by atoms with E-state index < -0.39 is 22.1 Å². The second kappa shape index (κ2) is 6.60. The topological polar surface area (TPSA) is 121 Å². The van der Waals surface area contributed by atoms with Crippen LogP contribution in [0.5, 0.6) is 0 Å². The molecule has 0 saturated carbocycles. The maximum atomic E-state index is 11.8. The number of carboxylic acid groups (broad SMARTS) is 1. The summed E-state index contributed by atoms with van der Waals surface area (Å²) < 4.78 is 25.9. The number of carbonyl (C=O) groups excluding carboxylic acids is 1. The minimum atomic E-state index is -3.79. The molecule has 0 aliphatic rings. The summed E-state index contributed by atoms with van der Waals surface area (Å²) in [6.45, 7) is 1.17. The van der Waals surface area contributed by atoms with E-state index in [2.05, 4.69) is 4.72 Å². The van der Waals surface area contributed by atoms with Gasteiger partial charge in [0.1, 0.15) is 0 Å². The van der Waals surface area contributed by atoms with Gasteiger partial charge in [0.05, 0.1) is 4.90 Å². The highest BCUT2D eigenvalue weighted by Gasteiger charge is 2.17. The molecule has 0 amide bonds. The lowest BCUT2D eigenvalue weighted by Crippen LogP contribution is -2.30. The second-order valence-electron chi connectivity index (χ2n) is 4.12. The number of carbonyl (C=O) groups is 2. The number of Topliss-reactive ketones (excluding diaryl/α,β-unsaturated/α-hetero) is 1. The van der Waals surface area contributed by atoms with E-state index in [1.165, 1.54) is 31.2 Å². The Kier molecular flexibility index (Phi) is 5.37. The van der Waals surface area contributed by atoms with Crippen molar-refractivity contribution in [3.63, 3.8) is 0 Å². The van der Waals surface area contributed by atoms with Gasteiger partial charge in [0.15, 0.2) is 11.9 Å². The third-order valence-corrected chi connectivity index (χ3v) is 4.04. The Labute approximate surface area is 116 Å². The van der Waals surface area contributed by atoms with Crippen LogP contribution in [0, 0.1) is 0 Å². The van der Waals surface area contributed by atoms with Crippen LogP contribution in [-0.4, -0.2) is 43.0 Å². The van der Waals surface area contributed by atoms with Crippen molar-refractivity contribution in [2.45, 2.75) is 24.3 Å². The van der Waals surface area contributed by atoms with Gasteiger partial charge in [-0.05, 0) is 25.5 Å². The highest BCUT2D eigenvalue weighted by molar-refractivity contribution is 7.89. The molecule has 1 aromatic rings. The summed E-state index contributed by atoms with van der Waals surface area (Å²) in [6.07, 6.45) is -1.85. The molecule has 0 aliphatic heterocycles. The first-order chi connectivity index (χ1) is 9.24. The fourth-order valence-corrected chi connectivity index (χ4v) is 2.45. The van der Waals surface area contributed by atoms with Gasteiger partial charge >= 0.3 is 5.97 Å². The van der Waals surface area contributed by atoms with Crippen LogP contribution in [-0.2, 0) is 14.8 Å². The number of benzene rings is 1. The molecule has 0 unspecified atom stereocenters. The van der Waals surface area contributed by atoms with Gasteiger partial charge in [-0.2, -0.15) is 0 Å². The minimum Gasteiger partial charge on any atom is -0.479 e. The van der Waals surface area contributed by atoms with Crippen LogP contribution in [0.25, 0.3) is 0 Å². The summed E-state index contributed by atoms with van der Waals surface area (Å²) in [4.78, 5) is 21.4. The third kappa shape index (κ3) is 4.41. The van der Waals surface area contributed by atoms with E-state index in [0.717, 1.165) is 0 Å². The summed E-state index contributed by atoms with van der Waals surface area (Å²) in [5.74, 6) is -1.58. The van der Waals surface area contributed by atoms with Gasteiger partial charge in [0.2, 0.25) is 10.0 Å². The largest absolute Gasteiger partial charge is 0.479 e. The number of hydrogen-bond donors (Lipinski definition) is 3. The molecule has 1 atom stereocenters. The number of hydrogen-bond acceptors (Lipinski definition) is 5. The average molecular weight is 301 g/mol. The number of ketones is 1. The number of nitrogens with one attached hydrogen (secondary N) is 1. The lowest BCUT2D eigenvalue weighted by atomic mass is 10.2. The quantitative estimate of drug-likeness (QED) is 0.610. The Morgan fingerprint density at radius 2 is 1.80 bits per heavy atom. The van der Waals surface area contributed by atoms with Gasteiger partial charge in [-0.25, -0.2) is 17.9 Å². The van der Waals surface area contributed by atoms with Crippen LogP contribution in [0.15, 0.2) is 29.2 Å². The second-order valence-corrected chi connectivity index (χ2v) is 5.89. The summed E-state index contributed by atoms with van der Waals surface area (Å²) in [6, 6.07) is 5.35. The standard InChI is InChI=1S/C12H15NO6S/c1-8(14)9-2-4-10(5-3-9)20(18,19)13-7-6-11(15)12(16)17/h2-5,11,13,15H,6-7H2,1H3,(H,16,17)/t11-/m0/s1. The molecule has 0 aliphatic carbocycles. The highest BCUT2D eigenvalue weighted by atomic mass is 32.2. The molecule has 3 N–H and O–H groups in total. The van der Waals surface area contributed by atoms with E-state index in [1.807, 2.05) is 0 Å². The van der Waals surface area contributed by atoms with E-state index in [4.69, 9.17) is 10.2 Å². The van der Waals surface area contributed by atoms with Crippen molar-refractivity contribution >= 4 is 21.8 Å². The fraction of sp³-hybridized carbons (Fsp3) is 0.333. The van der Waals surface area contributed by atoms with E-state index in [-0.39, 0.29) is 23.6 Å². The van der Waals surface area contributed by atoms with Gasteiger partial charge in [0, 0.05) is 12.1 Å². The van der Waals surface area contributed by atoms with Gasteiger partial charge in [0.25, 0.3) is 0 Å². The van der Waals surface area contributed by atoms with Crippen molar-refractivity contribution in [3.8, 4) is 0 Å². The number of rotatable bonds is 7. The summed E-state index contributed by atoms with van der Waals surface area (Å²) in [7, 11) is -3.79. The Morgan fingerprint density at radius 3 is 2.25 bits per heavy atom. The number of aliphatic carboxylic acids is 1. The van der Waals surface area contributed by atoms with Crippen LogP contribution in [0.4, 0.5) is 0 Å². The van der Waals surface area contributed by atoms with Crippen molar-refractivity contribution in [3.05, 3.63) is 29.8 Å². The Bertz CT molecular complexity index is 593. The fourth-order valence-electron chi connectivity index (χ4n) is 1.41. The smallest absolute Gasteiger partial charge is 0.332 e. The van der Waals surface area contributed by atoms with Crippen LogP contribution < -0.4 is 4.72 Å². The Hall–Kier alpha value is -1.77. The molecule has 1 aromatic carbocycles. The molecule has 0 radical (unpaired) electrons. The molecule has 8 heteroatoms. The lowest BCUT2D eigenvalue weighted by molar-refractivity contribution is -0.146. The SMILES string of the molecule is CC(=O)c1ccc(S(=O)(=O)NCC[C@H](O)C(=O)O)cc1. The van der Waals surface area contributed by atoms with E-state index in [1.54, 1.807) is 0 Å². The van der Waals surface area contributed by atoms with Crippen molar-refractivity contribution in [1.29, 1.82) is 0 Å². The zero-order chi connectivity index (χ0) is 15.3. The molecule has 7 nitrogen and oxygen atoms in total. The first kappa shape index (κ1) is 16.3. The van der Waals surface area contributed by atoms with Crippen LogP contribution in [0.2, 0.25) is 0 Å². The zero-order valence-electron chi connectivity index (χ0n) is 10.7. The highest BCUT2D eigenvalue weighted by Crippen LogP contribution is 2.11. The van der Waals surface area contributed by atoms with E-state index in [9.17, 15) is 18.0 Å². The van der Waals surface area contributed by atoms with E-state index in [0.29, 0.717) is 5.56 Å². The lowest BCUT2D eigenvalue weighted by Gasteiger charge is -2.08. The predicted molar refractivity (Wildman–Crippen MR) is 69.9 cm³/mol. The number of sulfonamides is 1. The molecule has 0 heterocycles. The first-order valence-corrected chi connectivity index (χ1v) is 7.24. The molecule has 0 aromatic heterocycles. The molecular formula is C12H15NO6S. The van der Waals surface area contributed by atoms with Crippen molar-refractivity contribution < 1.29 is 28.2 Å². The van der Waals surface area contributed by atoms with Crippen molar-refractivity contribution in [1.82, 2.24) is 4.72 Å². The van der Waals surface area contributed by atoms with Gasteiger partial charge in [-0.15, -0.1) is 0 Å². The summed E-state index contributed by atoms with van der Waals surface area (Å²) >= 11 is 0. The molecule has 0 saturated heterocycles. The third-order valence-electron chi connectivity index (χ3n) is 2.57. The molecule has 110 valence electrons. The molecule has 0 bridgehead atoms. The summed E-state index contributed by atoms with van der Waals surface area (Å²) in [5, 5.41) is 17.5. The Balaban J connectivity index is 2.69. The van der Waals surface area contributed by atoms with Crippen LogP contribution in [0.1, 0.15) is 23.7 Å². The van der Waals surface area contributed by atoms with Crippen molar-refractivity contribution in [2.75, 3.05) is 6.54 Å². The molecule has 20 heavy (non-hydrogen) atoms. The van der Waals surface area contributed by atoms with Gasteiger partial charge < -0.3 is 10.2 Å². The van der Waals surface area contributed by atoms with Crippen LogP contribution in [0.3, 0.4) is 0 Å². The zero-order valence-corrected chi connectivity index (χ0v) is 11.6. The van der Waals surface area contributed by atoms with Gasteiger partial charge in [-0.1, -0.05) is 12.1 Å². The van der Waals surface area contributed by atoms with E-state index >= 15 is 0 Å². The predicted octanol–water partition coefficient (Wildman–Crippen LogP) is 0.00310. The monoisotopic (exact) mass is 301 g/mol. The normalized spacial score (nSPS) is 12.9. The molecule has 0 fully saturated rings. The maximum absolute atomic E-state index is 11.8. The molecule has 1 rings (SSSR count). The first-order valence-electron chi connectivity index (χ1n) is 5.75. The van der Waals surface area contributed by atoms with Gasteiger partial charge in [-0.3, -0.25) is 4.79 Å². The maximum Gasteiger partial charge on any atom is 0.332 e. The Morgan fingerprint density at radius 1 is 1.25 bits per heavy atom. The van der Waals surface area contributed by atoms with Crippen LogP contribution >= 0.6 is 0 Å². The molecule has 0 spiro atoms. The average Bonchev–Trinajstić information content (AvgIpc) is 2.38. The van der Waals surface area contributed by atoms with Crippen molar-refractivity contribution in [2.24, 2.45) is 0 Å². The summed E-state index contributed by atoms with van der Waals surface area (Å²) in [5.41, 5.74) is 0.394. The number of carboxylic acids is 1. The molecular weight excluding hydrogens is 286 g/mol. The minimum absolute atomic E-state index is 0.0349.